The van der Waals surface area contributed by atoms with Gasteiger partial charge in [0.15, 0.2) is 15.4 Å². The summed E-state index contributed by atoms with van der Waals surface area (Å²) in [7, 11) is -3.31. The molecule has 0 unspecified atom stereocenters. The van der Waals surface area contributed by atoms with Crippen LogP contribution in [0.1, 0.15) is 32.6 Å². The van der Waals surface area contributed by atoms with Gasteiger partial charge in [0.05, 0.1) is 16.4 Å². The van der Waals surface area contributed by atoms with Crippen molar-refractivity contribution in [3.63, 3.8) is 0 Å². The molecule has 0 bridgehead atoms. The molecule has 0 aliphatic carbocycles. The molecule has 1 aromatic heterocycles. The lowest BCUT2D eigenvalue weighted by Gasteiger charge is -2.22. The third-order valence-electron chi connectivity index (χ3n) is 5.53. The third-order valence-corrected chi connectivity index (χ3v) is 8.09. The molecule has 9 heteroatoms. The average Bonchev–Trinajstić information content (AvgIpc) is 3.01. The fraction of sp³-hybridized carbons (Fsp3) is 0.391. The summed E-state index contributed by atoms with van der Waals surface area (Å²) >= 11 is 1.17. The number of amides is 1. The second-order valence-corrected chi connectivity index (χ2v) is 11.0. The van der Waals surface area contributed by atoms with Crippen LogP contribution in [0.25, 0.3) is 11.1 Å². The number of fused-ring (bicyclic) bond motifs is 1. The molecule has 1 amide bonds. The van der Waals surface area contributed by atoms with Gasteiger partial charge in [0, 0.05) is 24.5 Å². The van der Waals surface area contributed by atoms with Crippen molar-refractivity contribution in [3.05, 3.63) is 42.5 Å². The molecule has 2 aromatic carbocycles. The Hall–Kier alpha value is -2.52. The van der Waals surface area contributed by atoms with E-state index in [9.17, 15) is 13.2 Å². The zero-order valence-corrected chi connectivity index (χ0v) is 19.7. The molecule has 2 heterocycles. The van der Waals surface area contributed by atoms with Crippen LogP contribution in [0.5, 0.6) is 0 Å². The zero-order valence-electron chi connectivity index (χ0n) is 18.0. The number of hydrogen-bond acceptors (Lipinski definition) is 7. The molecule has 4 rings (SSSR count). The van der Waals surface area contributed by atoms with E-state index in [2.05, 4.69) is 27.3 Å². The maximum atomic E-state index is 12.4. The summed E-state index contributed by atoms with van der Waals surface area (Å²) < 4.78 is 29.7. The molecule has 1 aliphatic heterocycles. The highest BCUT2D eigenvalue weighted by atomic mass is 32.2. The van der Waals surface area contributed by atoms with Gasteiger partial charge >= 0.3 is 0 Å². The van der Waals surface area contributed by atoms with Crippen LogP contribution < -0.4 is 10.2 Å². The van der Waals surface area contributed by atoms with Gasteiger partial charge < -0.3 is 14.6 Å². The summed E-state index contributed by atoms with van der Waals surface area (Å²) in [5.41, 5.74) is 2.90. The van der Waals surface area contributed by atoms with Crippen molar-refractivity contribution in [1.82, 2.24) is 4.98 Å². The molecule has 32 heavy (non-hydrogen) atoms. The van der Waals surface area contributed by atoms with Gasteiger partial charge in [0.1, 0.15) is 5.52 Å². The number of anilines is 2. The average molecular weight is 474 g/mol. The fourth-order valence-corrected chi connectivity index (χ4v) is 5.26. The van der Waals surface area contributed by atoms with Crippen molar-refractivity contribution in [2.75, 3.05) is 34.8 Å². The van der Waals surface area contributed by atoms with Crippen molar-refractivity contribution in [2.45, 2.75) is 42.7 Å². The highest BCUT2D eigenvalue weighted by Crippen LogP contribution is 2.26. The van der Waals surface area contributed by atoms with Gasteiger partial charge in [-0.05, 0) is 55.3 Å². The lowest BCUT2D eigenvalue weighted by molar-refractivity contribution is -0.113. The van der Waals surface area contributed by atoms with E-state index in [1.54, 1.807) is 13.0 Å². The first-order valence-electron chi connectivity index (χ1n) is 10.9. The van der Waals surface area contributed by atoms with Gasteiger partial charge in [-0.2, -0.15) is 0 Å². The van der Waals surface area contributed by atoms with Gasteiger partial charge in [-0.25, -0.2) is 13.4 Å². The van der Waals surface area contributed by atoms with Gasteiger partial charge in [-0.3, -0.25) is 4.79 Å². The number of nitrogens with one attached hydrogen (secondary N) is 1. The minimum absolute atomic E-state index is 0.0249. The molecule has 7 nitrogen and oxygen atoms in total. The lowest BCUT2D eigenvalue weighted by Crippen LogP contribution is -2.23. The van der Waals surface area contributed by atoms with Crippen molar-refractivity contribution in [1.29, 1.82) is 0 Å². The maximum absolute atomic E-state index is 12.4. The molecule has 1 N–H and O–H groups in total. The van der Waals surface area contributed by atoms with Gasteiger partial charge in [0.25, 0.3) is 5.22 Å². The van der Waals surface area contributed by atoms with Gasteiger partial charge in [0.2, 0.25) is 5.91 Å². The number of oxazole rings is 1. The lowest BCUT2D eigenvalue weighted by atomic mass is 10.2. The molecule has 1 fully saturated rings. The summed E-state index contributed by atoms with van der Waals surface area (Å²) in [6.45, 7) is 3.77. The third kappa shape index (κ3) is 5.45. The molecule has 0 spiro atoms. The zero-order chi connectivity index (χ0) is 22.6. The Morgan fingerprint density at radius 1 is 1.09 bits per heavy atom. The monoisotopic (exact) mass is 473 g/mol. The number of rotatable bonds is 7. The van der Waals surface area contributed by atoms with E-state index in [-0.39, 0.29) is 22.3 Å². The minimum Gasteiger partial charge on any atom is -0.431 e. The minimum atomic E-state index is -3.31. The molecule has 170 valence electrons. The standard InChI is InChI=1S/C23H27N3O4S2/c1-2-32(28,29)19-11-12-21-20(15-19)25-23(30-21)31-16-22(27)24-17-7-9-18(10-8-17)26-13-5-3-4-6-14-26/h7-12,15H,2-6,13-14,16H2,1H3,(H,24,27). The smallest absolute Gasteiger partial charge is 0.257 e. The molecule has 1 aliphatic rings. The van der Waals surface area contributed by atoms with E-state index in [1.165, 1.54) is 55.3 Å². The molecule has 0 atom stereocenters. The molecule has 1 saturated heterocycles. The first-order chi connectivity index (χ1) is 15.4. The Kier molecular flexibility index (Phi) is 7.05. The molecule has 0 saturated carbocycles. The second kappa shape index (κ2) is 9.95. The molecule has 0 radical (unpaired) electrons. The van der Waals surface area contributed by atoms with Crippen LogP contribution in [0.3, 0.4) is 0 Å². The fourth-order valence-electron chi connectivity index (χ4n) is 3.72. The van der Waals surface area contributed by atoms with Gasteiger partial charge in [-0.15, -0.1) is 0 Å². The SMILES string of the molecule is CCS(=O)(=O)c1ccc2oc(SCC(=O)Nc3ccc(N4CCCCCC4)cc3)nc2c1. The molecular weight excluding hydrogens is 446 g/mol. The van der Waals surface area contributed by atoms with E-state index in [1.807, 2.05) is 12.1 Å². The summed E-state index contributed by atoms with van der Waals surface area (Å²) in [6.07, 6.45) is 5.03. The predicted molar refractivity (Wildman–Crippen MR) is 128 cm³/mol. The number of carbonyl (C=O) groups excluding carboxylic acids is 1. The summed E-state index contributed by atoms with van der Waals surface area (Å²) in [5.74, 6) is 0.00634. The first-order valence-corrected chi connectivity index (χ1v) is 13.5. The highest BCUT2D eigenvalue weighted by Gasteiger charge is 2.16. The van der Waals surface area contributed by atoms with Crippen molar-refractivity contribution >= 4 is 50.0 Å². The molecule has 3 aromatic rings. The van der Waals surface area contributed by atoms with E-state index in [0.29, 0.717) is 16.3 Å². The number of thioether (sulfide) groups is 1. The van der Waals surface area contributed by atoms with Crippen LogP contribution in [0.2, 0.25) is 0 Å². The predicted octanol–water partition coefficient (Wildman–Crippen LogP) is 4.73. The topological polar surface area (TPSA) is 92.5 Å². The van der Waals surface area contributed by atoms with Crippen LogP contribution in [-0.4, -0.2) is 43.9 Å². The Balaban J connectivity index is 1.34. The van der Waals surface area contributed by atoms with Gasteiger partial charge in [-0.1, -0.05) is 31.5 Å². The number of sulfone groups is 1. The van der Waals surface area contributed by atoms with Crippen LogP contribution in [0.15, 0.2) is 57.0 Å². The second-order valence-electron chi connectivity index (χ2n) is 7.80. The summed E-state index contributed by atoms with van der Waals surface area (Å²) in [6, 6.07) is 12.6. The Labute approximate surface area is 192 Å². The van der Waals surface area contributed by atoms with Crippen LogP contribution in [-0.2, 0) is 14.6 Å². The van der Waals surface area contributed by atoms with Crippen molar-refractivity contribution in [2.24, 2.45) is 0 Å². The number of carbonyl (C=O) groups is 1. The van der Waals surface area contributed by atoms with Crippen LogP contribution >= 0.6 is 11.8 Å². The number of aromatic nitrogens is 1. The summed E-state index contributed by atoms with van der Waals surface area (Å²) in [4.78, 5) is 19.3. The highest BCUT2D eigenvalue weighted by molar-refractivity contribution is 7.99. The van der Waals surface area contributed by atoms with Crippen molar-refractivity contribution < 1.29 is 17.6 Å². The normalized spacial score (nSPS) is 15.0. The Morgan fingerprint density at radius 3 is 2.50 bits per heavy atom. The van der Waals surface area contributed by atoms with Crippen LogP contribution in [0.4, 0.5) is 11.4 Å². The Morgan fingerprint density at radius 2 is 1.81 bits per heavy atom. The van der Waals surface area contributed by atoms with E-state index in [4.69, 9.17) is 4.42 Å². The number of hydrogen-bond donors (Lipinski definition) is 1. The number of benzene rings is 2. The molecular formula is C23H27N3O4S2. The maximum Gasteiger partial charge on any atom is 0.257 e. The van der Waals surface area contributed by atoms with E-state index >= 15 is 0 Å². The number of nitrogens with zero attached hydrogens (tertiary/aromatic N) is 2. The van der Waals surface area contributed by atoms with E-state index < -0.39 is 9.84 Å². The van der Waals surface area contributed by atoms with Crippen molar-refractivity contribution in [3.8, 4) is 0 Å². The Bertz CT molecular complexity index is 1180. The largest absolute Gasteiger partial charge is 0.431 e. The van der Waals surface area contributed by atoms with E-state index in [0.717, 1.165) is 18.8 Å². The summed E-state index contributed by atoms with van der Waals surface area (Å²) in [5, 5.41) is 3.23. The first kappa shape index (κ1) is 22.7. The van der Waals surface area contributed by atoms with Crippen LogP contribution in [0, 0.1) is 0 Å². The quantitative estimate of drug-likeness (QED) is 0.496.